The highest BCUT2D eigenvalue weighted by Crippen LogP contribution is 2.14. The average molecular weight is 507 g/mol. The lowest BCUT2D eigenvalue weighted by Crippen LogP contribution is -2.42. The van der Waals surface area contributed by atoms with Crippen LogP contribution in [0.1, 0.15) is 29.6 Å². The first kappa shape index (κ1) is 22.9. The van der Waals surface area contributed by atoms with Crippen LogP contribution in [0.5, 0.6) is 0 Å². The first-order chi connectivity index (χ1) is 13.5. The van der Waals surface area contributed by atoms with Gasteiger partial charge in [-0.25, -0.2) is 4.68 Å². The van der Waals surface area contributed by atoms with Gasteiger partial charge in [-0.1, -0.05) is 18.2 Å². The van der Waals surface area contributed by atoms with E-state index in [2.05, 4.69) is 46.6 Å². The first-order valence-corrected chi connectivity index (χ1v) is 9.54. The minimum absolute atomic E-state index is 0. The third-order valence-corrected chi connectivity index (χ3v) is 4.88. The molecule has 1 aromatic carbocycles. The number of hydrogen-bond acceptors (Lipinski definition) is 3. The Morgan fingerprint density at radius 2 is 1.86 bits per heavy atom. The molecular weight excluding hydrogens is 477 g/mol. The molecule has 0 fully saturated rings. The average Bonchev–Trinajstić information content (AvgIpc) is 3.26. The Hall–Kier alpha value is -2.36. The molecule has 0 aliphatic carbocycles. The number of benzene rings is 1. The van der Waals surface area contributed by atoms with Gasteiger partial charge >= 0.3 is 0 Å². The van der Waals surface area contributed by atoms with E-state index in [1.54, 1.807) is 7.05 Å². The van der Waals surface area contributed by atoms with Crippen molar-refractivity contribution >= 4 is 29.9 Å². The maximum atomic E-state index is 4.62. The number of aliphatic imine (C=N–C) groups is 1. The summed E-state index contributed by atoms with van der Waals surface area (Å²) >= 11 is 0. The molecule has 0 bridgehead atoms. The largest absolute Gasteiger partial charge is 0.354 e. The van der Waals surface area contributed by atoms with Crippen molar-refractivity contribution in [1.82, 2.24) is 30.2 Å². The summed E-state index contributed by atoms with van der Waals surface area (Å²) in [6.45, 7) is 6.93. The molecular formula is C21H30IN7. The van der Waals surface area contributed by atoms with Gasteiger partial charge in [0, 0.05) is 32.0 Å². The second-order valence-electron chi connectivity index (χ2n) is 7.04. The molecule has 8 heteroatoms. The number of para-hydroxylation sites is 1. The first-order valence-electron chi connectivity index (χ1n) is 9.54. The molecule has 0 saturated carbocycles. The summed E-state index contributed by atoms with van der Waals surface area (Å²) in [4.78, 5) is 4.34. The maximum Gasteiger partial charge on any atom is 0.191 e. The number of halogens is 1. The summed E-state index contributed by atoms with van der Waals surface area (Å²) in [6.07, 6.45) is 2.87. The van der Waals surface area contributed by atoms with Gasteiger partial charge in [-0.15, -0.1) is 24.0 Å². The number of nitrogens with one attached hydrogen (secondary N) is 2. The van der Waals surface area contributed by atoms with Crippen LogP contribution in [0, 0.1) is 13.8 Å². The van der Waals surface area contributed by atoms with Crippen LogP contribution >= 0.6 is 24.0 Å². The van der Waals surface area contributed by atoms with Gasteiger partial charge in [0.15, 0.2) is 5.96 Å². The number of rotatable bonds is 6. The second kappa shape index (κ2) is 10.4. The molecule has 3 rings (SSSR count). The molecule has 0 spiro atoms. The van der Waals surface area contributed by atoms with Crippen molar-refractivity contribution in [3.8, 4) is 5.69 Å². The topological polar surface area (TPSA) is 72.1 Å². The molecule has 29 heavy (non-hydrogen) atoms. The predicted molar refractivity (Wildman–Crippen MR) is 128 cm³/mol. The van der Waals surface area contributed by atoms with E-state index < -0.39 is 0 Å². The van der Waals surface area contributed by atoms with Gasteiger partial charge in [0.2, 0.25) is 0 Å². The molecule has 0 radical (unpaired) electrons. The number of hydrogen-bond donors (Lipinski definition) is 2. The number of guanidine groups is 1. The molecule has 3 aromatic rings. The summed E-state index contributed by atoms with van der Waals surface area (Å²) < 4.78 is 3.82. The van der Waals surface area contributed by atoms with E-state index in [0.717, 1.165) is 29.5 Å². The highest BCUT2D eigenvalue weighted by Gasteiger charge is 2.14. The summed E-state index contributed by atoms with van der Waals surface area (Å²) in [5.74, 6) is 0.765. The summed E-state index contributed by atoms with van der Waals surface area (Å²) in [6, 6.07) is 12.3. The minimum Gasteiger partial charge on any atom is -0.354 e. The Morgan fingerprint density at radius 1 is 1.14 bits per heavy atom. The van der Waals surface area contributed by atoms with Gasteiger partial charge in [0.1, 0.15) is 0 Å². The van der Waals surface area contributed by atoms with Crippen LogP contribution in [0.15, 0.2) is 47.6 Å². The van der Waals surface area contributed by atoms with E-state index in [1.165, 1.54) is 11.3 Å². The van der Waals surface area contributed by atoms with Gasteiger partial charge in [0.25, 0.3) is 0 Å². The zero-order valence-corrected chi connectivity index (χ0v) is 20.0. The number of nitrogens with zero attached hydrogens (tertiary/aromatic N) is 5. The van der Waals surface area contributed by atoms with Gasteiger partial charge in [-0.3, -0.25) is 9.67 Å². The van der Waals surface area contributed by atoms with Crippen molar-refractivity contribution in [2.75, 3.05) is 7.05 Å². The normalized spacial score (nSPS) is 12.4. The van der Waals surface area contributed by atoms with Crippen LogP contribution in [0.25, 0.3) is 5.69 Å². The fourth-order valence-electron chi connectivity index (χ4n) is 3.25. The lowest BCUT2D eigenvalue weighted by molar-refractivity contribution is 0.633. The summed E-state index contributed by atoms with van der Waals surface area (Å²) in [5, 5.41) is 15.9. The number of aromatic nitrogens is 4. The van der Waals surface area contributed by atoms with Crippen molar-refractivity contribution < 1.29 is 0 Å². The van der Waals surface area contributed by atoms with Crippen LogP contribution < -0.4 is 10.6 Å². The van der Waals surface area contributed by atoms with Crippen LogP contribution in [-0.4, -0.2) is 38.6 Å². The lowest BCUT2D eigenvalue weighted by Gasteiger charge is -2.18. The van der Waals surface area contributed by atoms with Crippen LogP contribution in [0.3, 0.4) is 0 Å². The van der Waals surface area contributed by atoms with Crippen molar-refractivity contribution in [3.05, 3.63) is 65.2 Å². The molecule has 7 nitrogen and oxygen atoms in total. The van der Waals surface area contributed by atoms with E-state index >= 15 is 0 Å². The summed E-state index contributed by atoms with van der Waals surface area (Å²) in [5.41, 5.74) is 5.59. The van der Waals surface area contributed by atoms with Gasteiger partial charge in [-0.2, -0.15) is 10.2 Å². The molecule has 156 valence electrons. The van der Waals surface area contributed by atoms with E-state index in [-0.39, 0.29) is 30.0 Å². The number of aryl methyl sites for hydroxylation is 2. The van der Waals surface area contributed by atoms with E-state index in [4.69, 9.17) is 0 Å². The molecule has 0 saturated heterocycles. The molecule has 2 aromatic heterocycles. The van der Waals surface area contributed by atoms with Gasteiger partial charge in [-0.05, 0) is 51.0 Å². The van der Waals surface area contributed by atoms with Gasteiger partial charge < -0.3 is 10.6 Å². The van der Waals surface area contributed by atoms with E-state index in [1.807, 2.05) is 59.0 Å². The molecule has 0 aliphatic heterocycles. The standard InChI is InChI=1S/C21H29N7.HI/c1-15(13-20-16(2)25-27(5)17(20)3)24-21(22-4)23-14-18-11-12-28(26-18)19-9-7-6-8-10-19;/h6-12,15H,13-14H2,1-5H3,(H2,22,23,24);1H. The second-order valence-corrected chi connectivity index (χ2v) is 7.04. The molecule has 0 amide bonds. The van der Waals surface area contributed by atoms with E-state index in [9.17, 15) is 0 Å². The quantitative estimate of drug-likeness (QED) is 0.306. The fraction of sp³-hybridized carbons (Fsp3) is 0.381. The molecule has 1 atom stereocenters. The van der Waals surface area contributed by atoms with Crippen molar-refractivity contribution in [2.24, 2.45) is 12.0 Å². The smallest absolute Gasteiger partial charge is 0.191 e. The van der Waals surface area contributed by atoms with Crippen molar-refractivity contribution in [3.63, 3.8) is 0 Å². The highest BCUT2D eigenvalue weighted by molar-refractivity contribution is 14.0. The Balaban J connectivity index is 0.00000300. The Kier molecular flexibility index (Phi) is 8.24. The van der Waals surface area contributed by atoms with E-state index in [0.29, 0.717) is 6.54 Å². The molecule has 2 N–H and O–H groups in total. The fourth-order valence-corrected chi connectivity index (χ4v) is 3.25. The predicted octanol–water partition coefficient (Wildman–Crippen LogP) is 3.14. The van der Waals surface area contributed by atoms with Crippen molar-refractivity contribution in [2.45, 2.75) is 39.8 Å². The zero-order chi connectivity index (χ0) is 20.1. The van der Waals surface area contributed by atoms with Crippen LogP contribution in [-0.2, 0) is 20.0 Å². The third-order valence-electron chi connectivity index (χ3n) is 4.88. The Labute approximate surface area is 189 Å². The van der Waals surface area contributed by atoms with Gasteiger partial charge in [0.05, 0.1) is 23.6 Å². The van der Waals surface area contributed by atoms with Crippen LogP contribution in [0.4, 0.5) is 0 Å². The van der Waals surface area contributed by atoms with Crippen molar-refractivity contribution in [1.29, 1.82) is 0 Å². The Morgan fingerprint density at radius 3 is 2.48 bits per heavy atom. The molecule has 0 aliphatic rings. The third kappa shape index (κ3) is 5.81. The summed E-state index contributed by atoms with van der Waals surface area (Å²) in [7, 11) is 3.77. The SMILES string of the molecule is CN=C(NCc1ccn(-c2ccccc2)n1)NC(C)Cc1c(C)nn(C)c1C.I. The Bertz CT molecular complexity index is 943. The monoisotopic (exact) mass is 507 g/mol. The molecule has 1 unspecified atom stereocenters. The lowest BCUT2D eigenvalue weighted by atomic mass is 10.1. The maximum absolute atomic E-state index is 4.62. The minimum atomic E-state index is 0. The van der Waals surface area contributed by atoms with Crippen LogP contribution in [0.2, 0.25) is 0 Å². The molecule has 2 heterocycles. The highest BCUT2D eigenvalue weighted by atomic mass is 127. The zero-order valence-electron chi connectivity index (χ0n) is 17.7.